The number of benzene rings is 2. The molecule has 0 heterocycles. The lowest BCUT2D eigenvalue weighted by Gasteiger charge is -2.19. The Balaban J connectivity index is 1.69. The largest absolute Gasteiger partial charge is 0.497 e. The zero-order valence-corrected chi connectivity index (χ0v) is 22.3. The summed E-state index contributed by atoms with van der Waals surface area (Å²) in [5.41, 5.74) is 2.49. The lowest BCUT2D eigenvalue weighted by Crippen LogP contribution is -2.37. The molecular weight excluding hydrogens is 502 g/mol. The topological polar surface area (TPSA) is 101 Å². The van der Waals surface area contributed by atoms with Crippen LogP contribution in [0.2, 0.25) is 5.02 Å². The lowest BCUT2D eigenvalue weighted by atomic mass is 9.93. The minimum Gasteiger partial charge on any atom is -0.497 e. The van der Waals surface area contributed by atoms with Gasteiger partial charge in [-0.25, -0.2) is 17.5 Å². The highest BCUT2D eigenvalue weighted by atomic mass is 35.5. The quantitative estimate of drug-likeness (QED) is 0.396. The van der Waals surface area contributed by atoms with Crippen molar-refractivity contribution in [1.82, 2.24) is 4.31 Å². The van der Waals surface area contributed by atoms with Crippen molar-refractivity contribution in [2.75, 3.05) is 13.2 Å². The van der Waals surface area contributed by atoms with Crippen LogP contribution in [0.3, 0.4) is 0 Å². The van der Waals surface area contributed by atoms with Gasteiger partial charge in [0.25, 0.3) is 10.0 Å². The van der Waals surface area contributed by atoms with Gasteiger partial charge in [0.1, 0.15) is 5.76 Å². The van der Waals surface area contributed by atoms with Crippen LogP contribution in [0.5, 0.6) is 0 Å². The summed E-state index contributed by atoms with van der Waals surface area (Å²) in [6, 6.07) is 12.9. The third kappa shape index (κ3) is 6.68. The molecule has 0 spiro atoms. The van der Waals surface area contributed by atoms with Gasteiger partial charge in [0.2, 0.25) is 0 Å². The lowest BCUT2D eigenvalue weighted by molar-refractivity contribution is -0.118. The molecule has 9 heteroatoms. The van der Waals surface area contributed by atoms with Crippen molar-refractivity contribution in [1.29, 1.82) is 0 Å². The predicted octanol–water partition coefficient (Wildman–Crippen LogP) is 5.72. The highest BCUT2D eigenvalue weighted by molar-refractivity contribution is 7.89. The third-order valence-electron chi connectivity index (χ3n) is 6.07. The first-order valence-electron chi connectivity index (χ1n) is 12.0. The van der Waals surface area contributed by atoms with Crippen molar-refractivity contribution in [3.8, 4) is 0 Å². The Morgan fingerprint density at radius 1 is 1.17 bits per heavy atom. The number of ketones is 1. The van der Waals surface area contributed by atoms with E-state index < -0.39 is 16.1 Å². The number of Topliss-reactive ketones (excluding diaryl/α,β-unsaturated/α-hetero) is 1. The maximum absolute atomic E-state index is 13.0. The summed E-state index contributed by atoms with van der Waals surface area (Å²) in [7, 11) is -4.24. The Kier molecular flexibility index (Phi) is 9.19. The highest BCUT2D eigenvalue weighted by Gasteiger charge is 2.33. The molecule has 194 valence electrons. The van der Waals surface area contributed by atoms with Gasteiger partial charge in [-0.1, -0.05) is 56.6 Å². The normalized spacial score (nSPS) is 16.0. The molecule has 1 atom stereocenters. The Bertz CT molecular complexity index is 1240. The van der Waals surface area contributed by atoms with E-state index in [1.807, 2.05) is 31.2 Å². The van der Waals surface area contributed by atoms with Crippen molar-refractivity contribution in [2.45, 2.75) is 51.3 Å². The molecule has 3 rings (SSSR count). The van der Waals surface area contributed by atoms with E-state index in [0.29, 0.717) is 41.1 Å². The van der Waals surface area contributed by atoms with Crippen LogP contribution >= 0.6 is 11.6 Å². The molecule has 2 aromatic rings. The van der Waals surface area contributed by atoms with Crippen LogP contribution in [0.25, 0.3) is 0 Å². The van der Waals surface area contributed by atoms with Gasteiger partial charge in [-0.2, -0.15) is 0 Å². The number of allylic oxidation sites excluding steroid dienone is 2. The Hall–Kier alpha value is -2.84. The average molecular weight is 534 g/mol. The van der Waals surface area contributed by atoms with Crippen molar-refractivity contribution >= 4 is 33.5 Å². The molecule has 1 amide bonds. The van der Waals surface area contributed by atoms with Gasteiger partial charge in [0, 0.05) is 29.5 Å². The van der Waals surface area contributed by atoms with Crippen molar-refractivity contribution in [2.24, 2.45) is 11.8 Å². The maximum Gasteiger partial charge on any atom is 0.421 e. The number of carbonyl (C=O) groups is 2. The molecule has 2 aromatic carbocycles. The molecule has 0 fully saturated rings. The van der Waals surface area contributed by atoms with E-state index in [2.05, 4.69) is 13.8 Å². The number of carboxylic acid groups (broad SMARTS) is 1. The fourth-order valence-corrected chi connectivity index (χ4v) is 5.65. The molecule has 1 aliphatic carbocycles. The summed E-state index contributed by atoms with van der Waals surface area (Å²) in [6.07, 6.45) is 0.397. The van der Waals surface area contributed by atoms with E-state index in [1.54, 1.807) is 0 Å². The number of nitrogens with zero attached hydrogens (tertiary/aromatic N) is 1. The summed E-state index contributed by atoms with van der Waals surface area (Å²) in [4.78, 5) is 24.6. The fraction of sp³-hybridized carbons (Fsp3) is 0.407. The fourth-order valence-electron chi connectivity index (χ4n) is 4.25. The zero-order chi connectivity index (χ0) is 26.5. The molecule has 0 radical (unpaired) electrons. The van der Waals surface area contributed by atoms with E-state index in [9.17, 15) is 23.1 Å². The van der Waals surface area contributed by atoms with Crippen LogP contribution in [-0.4, -0.2) is 42.9 Å². The summed E-state index contributed by atoms with van der Waals surface area (Å²) in [5, 5.41) is 9.95. The Morgan fingerprint density at radius 3 is 2.44 bits per heavy atom. The van der Waals surface area contributed by atoms with E-state index in [-0.39, 0.29) is 29.6 Å². The smallest absolute Gasteiger partial charge is 0.421 e. The second-order valence-electron chi connectivity index (χ2n) is 9.31. The Morgan fingerprint density at radius 2 is 1.83 bits per heavy atom. The standard InChI is InChI=1S/C27H32ClNO6S/c1-4-24-25(35-17-18(2)3)16-21(26(24)30)15-20-7-5-6-19(14-20)12-13-29(27(31)32)36(33,34)23-10-8-22(28)9-11-23/h5-11,14,18,21H,4,12-13,15-17H2,1-3H3,(H,31,32). The number of sulfonamides is 1. The van der Waals surface area contributed by atoms with E-state index in [1.165, 1.54) is 24.3 Å². The molecule has 0 saturated heterocycles. The molecule has 36 heavy (non-hydrogen) atoms. The van der Waals surface area contributed by atoms with E-state index >= 15 is 0 Å². The predicted molar refractivity (Wildman–Crippen MR) is 138 cm³/mol. The molecule has 0 bridgehead atoms. The summed E-state index contributed by atoms with van der Waals surface area (Å²) in [6.45, 7) is 6.44. The SMILES string of the molecule is CCC1=C(OCC(C)C)CC(Cc2cccc(CCN(C(=O)O)S(=O)(=O)c3ccc(Cl)cc3)c2)C1=O. The van der Waals surface area contributed by atoms with Crippen molar-refractivity contribution < 1.29 is 27.9 Å². The molecule has 1 N–H and O–H groups in total. The zero-order valence-electron chi connectivity index (χ0n) is 20.7. The second kappa shape index (κ2) is 11.9. The number of amides is 1. The van der Waals surface area contributed by atoms with E-state index in [4.69, 9.17) is 16.3 Å². The maximum atomic E-state index is 13.0. The van der Waals surface area contributed by atoms with Gasteiger partial charge in [0.05, 0.1) is 11.5 Å². The Labute approximate surface area is 217 Å². The number of hydrogen-bond donors (Lipinski definition) is 1. The summed E-state index contributed by atoms with van der Waals surface area (Å²) in [5.74, 6) is 1.09. The van der Waals surface area contributed by atoms with Gasteiger partial charge in [0.15, 0.2) is 5.78 Å². The first-order chi connectivity index (χ1) is 17.0. The minimum absolute atomic E-state index is 0.118. The molecular formula is C27H32ClNO6S. The minimum atomic E-state index is -4.24. The molecule has 1 aliphatic rings. The van der Waals surface area contributed by atoms with Crippen LogP contribution in [-0.2, 0) is 32.4 Å². The van der Waals surface area contributed by atoms with Gasteiger partial charge < -0.3 is 9.84 Å². The van der Waals surface area contributed by atoms with Crippen molar-refractivity contribution in [3.63, 3.8) is 0 Å². The first kappa shape index (κ1) is 27.7. The molecule has 7 nitrogen and oxygen atoms in total. The van der Waals surface area contributed by atoms with Crippen LogP contribution in [0.4, 0.5) is 4.79 Å². The molecule has 0 aliphatic heterocycles. The summed E-state index contributed by atoms with van der Waals surface area (Å²) >= 11 is 5.83. The number of carbonyl (C=O) groups excluding carboxylic acids is 1. The van der Waals surface area contributed by atoms with Gasteiger partial charge in [-0.05, 0) is 60.6 Å². The molecule has 1 unspecified atom stereocenters. The monoisotopic (exact) mass is 533 g/mol. The van der Waals surface area contributed by atoms with E-state index in [0.717, 1.165) is 22.5 Å². The van der Waals surface area contributed by atoms with Gasteiger partial charge >= 0.3 is 6.09 Å². The van der Waals surface area contributed by atoms with Crippen LogP contribution in [0.1, 0.15) is 44.7 Å². The first-order valence-corrected chi connectivity index (χ1v) is 13.8. The second-order valence-corrected chi connectivity index (χ2v) is 11.6. The highest BCUT2D eigenvalue weighted by Crippen LogP contribution is 2.33. The van der Waals surface area contributed by atoms with Gasteiger partial charge in [-0.3, -0.25) is 4.79 Å². The van der Waals surface area contributed by atoms with Crippen LogP contribution < -0.4 is 0 Å². The van der Waals surface area contributed by atoms with Crippen LogP contribution in [0, 0.1) is 11.8 Å². The van der Waals surface area contributed by atoms with Crippen LogP contribution in [0.15, 0.2) is 64.8 Å². The number of halogens is 1. The molecule has 0 aromatic heterocycles. The average Bonchev–Trinajstić information content (AvgIpc) is 3.12. The number of ether oxygens (including phenoxy) is 1. The number of hydrogen-bond acceptors (Lipinski definition) is 5. The number of rotatable bonds is 11. The summed E-state index contributed by atoms with van der Waals surface area (Å²) < 4.78 is 32.1. The molecule has 0 saturated carbocycles. The van der Waals surface area contributed by atoms with Crippen molar-refractivity contribution in [3.05, 3.63) is 76.0 Å². The van der Waals surface area contributed by atoms with Gasteiger partial charge in [-0.15, -0.1) is 0 Å². The third-order valence-corrected chi connectivity index (χ3v) is 8.11.